The minimum atomic E-state index is -0.463. The summed E-state index contributed by atoms with van der Waals surface area (Å²) in [5, 5.41) is 0. The molecule has 2 fully saturated rings. The van der Waals surface area contributed by atoms with Crippen LogP contribution in [0.25, 0.3) is 11.0 Å². The van der Waals surface area contributed by atoms with E-state index < -0.39 is 5.72 Å². The van der Waals surface area contributed by atoms with Gasteiger partial charge in [0.05, 0.1) is 43.3 Å². The standard InChI is InChI=1S/C22H25N3O4/c1-4-25-12-11-16(24-18-8-6-5-7-17(18)23-21(24)26)14-22(25,29-25)15-9-10-19(27-2)20(13-15)28-3/h5-10,13,16H,4,11-12,14H2,1-3H3/p+1. The van der Waals surface area contributed by atoms with Gasteiger partial charge in [-0.05, 0) is 37.3 Å². The number of methoxy groups -OCH3 is 2. The van der Waals surface area contributed by atoms with Gasteiger partial charge in [0, 0.05) is 6.42 Å². The Labute approximate surface area is 169 Å². The molecular weight excluding hydrogens is 370 g/mol. The maximum absolute atomic E-state index is 12.8. The number of hydrogen-bond acceptors (Lipinski definition) is 4. The summed E-state index contributed by atoms with van der Waals surface area (Å²) in [4.78, 5) is 22.2. The molecule has 7 heteroatoms. The van der Waals surface area contributed by atoms with Crippen molar-refractivity contribution >= 4 is 11.0 Å². The van der Waals surface area contributed by atoms with Crippen LogP contribution in [0.5, 0.6) is 11.5 Å². The van der Waals surface area contributed by atoms with Crippen LogP contribution in [0, 0.1) is 0 Å². The molecule has 2 aliphatic heterocycles. The van der Waals surface area contributed by atoms with Gasteiger partial charge < -0.3 is 14.5 Å². The zero-order chi connectivity index (χ0) is 20.2. The van der Waals surface area contributed by atoms with E-state index in [1.165, 1.54) is 0 Å². The van der Waals surface area contributed by atoms with Gasteiger partial charge in [0.15, 0.2) is 11.5 Å². The summed E-state index contributed by atoms with van der Waals surface area (Å²) in [5.74, 6) is 1.39. The molecule has 0 spiro atoms. The van der Waals surface area contributed by atoms with Crippen LogP contribution < -0.4 is 15.2 Å². The molecule has 3 heterocycles. The molecule has 1 N–H and O–H groups in total. The van der Waals surface area contributed by atoms with Gasteiger partial charge in [-0.3, -0.25) is 4.57 Å². The van der Waals surface area contributed by atoms with E-state index in [4.69, 9.17) is 14.3 Å². The first-order valence-corrected chi connectivity index (χ1v) is 10.1. The van der Waals surface area contributed by atoms with E-state index in [1.54, 1.807) is 14.2 Å². The van der Waals surface area contributed by atoms with E-state index in [-0.39, 0.29) is 11.7 Å². The molecule has 0 aliphatic carbocycles. The van der Waals surface area contributed by atoms with Gasteiger partial charge in [-0.15, -0.1) is 9.48 Å². The van der Waals surface area contributed by atoms with Gasteiger partial charge >= 0.3 is 11.4 Å². The van der Waals surface area contributed by atoms with E-state index in [9.17, 15) is 4.79 Å². The van der Waals surface area contributed by atoms with Crippen molar-refractivity contribution < 1.29 is 19.0 Å². The average Bonchev–Trinajstić information content (AvgIpc) is 3.33. The van der Waals surface area contributed by atoms with Gasteiger partial charge in [0.1, 0.15) is 13.1 Å². The molecule has 0 saturated carbocycles. The molecule has 3 unspecified atom stereocenters. The van der Waals surface area contributed by atoms with Crippen LogP contribution in [0.2, 0.25) is 0 Å². The van der Waals surface area contributed by atoms with Crippen molar-refractivity contribution in [3.8, 4) is 11.5 Å². The van der Waals surface area contributed by atoms with E-state index >= 15 is 0 Å². The molecule has 3 atom stereocenters. The van der Waals surface area contributed by atoms with Crippen LogP contribution in [0.15, 0.2) is 47.3 Å². The number of hydrogen-bond donors (Lipinski definition) is 1. The van der Waals surface area contributed by atoms with Crippen molar-refractivity contribution in [3.05, 3.63) is 58.5 Å². The van der Waals surface area contributed by atoms with Crippen LogP contribution >= 0.6 is 0 Å². The third-order valence-corrected chi connectivity index (χ3v) is 6.62. The molecule has 0 radical (unpaired) electrons. The van der Waals surface area contributed by atoms with Crippen molar-refractivity contribution in [2.45, 2.75) is 31.5 Å². The van der Waals surface area contributed by atoms with Gasteiger partial charge in [0.2, 0.25) is 0 Å². The number of aromatic amines is 1. The number of aromatic nitrogens is 2. The van der Waals surface area contributed by atoms with Crippen molar-refractivity contribution in [2.24, 2.45) is 0 Å². The zero-order valence-electron chi connectivity index (χ0n) is 17.0. The van der Waals surface area contributed by atoms with Crippen LogP contribution in [-0.2, 0) is 10.6 Å². The second-order valence-corrected chi connectivity index (χ2v) is 7.84. The summed E-state index contributed by atoms with van der Waals surface area (Å²) in [6.07, 6.45) is 1.63. The van der Waals surface area contributed by atoms with Crippen LogP contribution in [0.4, 0.5) is 0 Å². The highest BCUT2D eigenvalue weighted by molar-refractivity contribution is 5.75. The lowest BCUT2D eigenvalue weighted by Gasteiger charge is -2.29. The number of fused-ring (bicyclic) bond motifs is 2. The van der Waals surface area contributed by atoms with Crippen molar-refractivity contribution in [1.82, 2.24) is 9.55 Å². The number of imidazole rings is 1. The highest BCUT2D eigenvalue weighted by Crippen LogP contribution is 2.61. The van der Waals surface area contributed by atoms with E-state index in [1.807, 2.05) is 41.0 Å². The molecule has 0 bridgehead atoms. The van der Waals surface area contributed by atoms with E-state index in [2.05, 4.69) is 18.0 Å². The Balaban J connectivity index is 1.58. The first-order chi connectivity index (χ1) is 14.1. The fourth-order valence-corrected chi connectivity index (χ4v) is 5.10. The van der Waals surface area contributed by atoms with Crippen molar-refractivity contribution in [2.75, 3.05) is 27.3 Å². The summed E-state index contributed by atoms with van der Waals surface area (Å²) in [6.45, 7) is 3.89. The number of ether oxygens (including phenoxy) is 2. The van der Waals surface area contributed by atoms with Crippen molar-refractivity contribution in [3.63, 3.8) is 0 Å². The van der Waals surface area contributed by atoms with E-state index in [0.29, 0.717) is 16.1 Å². The maximum Gasteiger partial charge on any atom is 0.326 e. The second-order valence-electron chi connectivity index (χ2n) is 7.84. The molecular formula is C22H26N3O4+. The quantitative estimate of drug-likeness (QED) is 0.531. The van der Waals surface area contributed by atoms with E-state index in [0.717, 1.165) is 42.5 Å². The zero-order valence-corrected chi connectivity index (χ0v) is 17.0. The van der Waals surface area contributed by atoms with Gasteiger partial charge in [0.25, 0.3) is 0 Å². The number of piperidine rings is 1. The summed E-state index contributed by atoms with van der Waals surface area (Å²) in [7, 11) is 3.28. The Morgan fingerprint density at radius 1 is 1.21 bits per heavy atom. The molecule has 7 nitrogen and oxygen atoms in total. The minimum Gasteiger partial charge on any atom is -0.493 e. The topological polar surface area (TPSA) is 68.8 Å². The molecule has 2 aromatic carbocycles. The van der Waals surface area contributed by atoms with Crippen LogP contribution in [0.3, 0.4) is 0 Å². The highest BCUT2D eigenvalue weighted by atomic mass is 16.9. The SMILES string of the molecule is CC[N+]12CCC(n3c(=O)[nH]c4ccccc43)CC1(c1ccc(OC)c(OC)c1)O2. The maximum atomic E-state index is 12.8. The lowest BCUT2D eigenvalue weighted by Crippen LogP contribution is -2.43. The summed E-state index contributed by atoms with van der Waals surface area (Å²) < 4.78 is 13.4. The van der Waals surface area contributed by atoms with Gasteiger partial charge in [-0.1, -0.05) is 12.1 Å². The highest BCUT2D eigenvalue weighted by Gasteiger charge is 2.76. The van der Waals surface area contributed by atoms with Crippen LogP contribution in [0.1, 0.15) is 31.4 Å². The molecule has 0 amide bonds. The summed E-state index contributed by atoms with van der Waals surface area (Å²) >= 11 is 0. The minimum absolute atomic E-state index is 0.0594. The Kier molecular flexibility index (Phi) is 4.01. The molecule has 29 heavy (non-hydrogen) atoms. The second kappa shape index (κ2) is 6.37. The number of rotatable bonds is 5. The molecule has 1 aromatic heterocycles. The number of nitrogens with one attached hydrogen (secondary N) is 1. The lowest BCUT2D eigenvalue weighted by atomic mass is 9.90. The number of nitrogens with zero attached hydrogens (tertiary/aromatic N) is 2. The molecule has 5 rings (SSSR count). The first kappa shape index (κ1) is 18.3. The van der Waals surface area contributed by atoms with Crippen molar-refractivity contribution in [1.29, 1.82) is 0 Å². The smallest absolute Gasteiger partial charge is 0.326 e. The molecule has 2 aliphatic rings. The largest absolute Gasteiger partial charge is 0.493 e. The average molecular weight is 396 g/mol. The van der Waals surface area contributed by atoms with Crippen LogP contribution in [-0.4, -0.2) is 41.5 Å². The number of benzene rings is 2. The Bertz CT molecular complexity index is 1140. The van der Waals surface area contributed by atoms with Gasteiger partial charge in [-0.2, -0.15) is 0 Å². The Hall–Kier alpha value is -2.77. The molecule has 3 aromatic rings. The summed E-state index contributed by atoms with van der Waals surface area (Å²) in [6, 6.07) is 13.9. The predicted molar refractivity (Wildman–Crippen MR) is 109 cm³/mol. The third kappa shape index (κ3) is 2.47. The fourth-order valence-electron chi connectivity index (χ4n) is 5.10. The lowest BCUT2D eigenvalue weighted by molar-refractivity contribution is -0.934. The third-order valence-electron chi connectivity index (χ3n) is 6.62. The Morgan fingerprint density at radius 3 is 2.76 bits per heavy atom. The number of quaternary nitrogens is 1. The monoisotopic (exact) mass is 396 g/mol. The number of H-pyrrole nitrogens is 1. The summed E-state index contributed by atoms with van der Waals surface area (Å²) in [5.41, 5.74) is 2.36. The van der Waals surface area contributed by atoms with Gasteiger partial charge in [-0.25, -0.2) is 4.79 Å². The number of para-hydroxylation sites is 2. The fraction of sp³-hybridized carbons (Fsp3) is 0.409. The number of hydroxylamine groups is 3. The predicted octanol–water partition coefficient (Wildman–Crippen LogP) is 3.32. The normalized spacial score (nSPS) is 28.2. The molecule has 2 saturated heterocycles. The molecule has 152 valence electrons. The first-order valence-electron chi connectivity index (χ1n) is 10.1. The Morgan fingerprint density at radius 2 is 2.00 bits per heavy atom.